The molecule has 1 amide bonds. The smallest absolute Gasteiger partial charge is 0.335 e. The highest BCUT2D eigenvalue weighted by Gasteiger charge is 2.21. The second kappa shape index (κ2) is 8.85. The summed E-state index contributed by atoms with van der Waals surface area (Å²) in [6.45, 7) is 5.89. The van der Waals surface area contributed by atoms with E-state index in [4.69, 9.17) is 0 Å². The predicted octanol–water partition coefficient (Wildman–Crippen LogP) is 4.80. The summed E-state index contributed by atoms with van der Waals surface area (Å²) in [5, 5.41) is 22.4. The van der Waals surface area contributed by atoms with Crippen molar-refractivity contribution >= 4 is 17.6 Å². The number of aromatic hydroxyl groups is 1. The van der Waals surface area contributed by atoms with E-state index in [1.807, 2.05) is 0 Å². The number of benzene rings is 2. The average Bonchev–Trinajstić information content (AvgIpc) is 2.64. The molecule has 0 saturated heterocycles. The van der Waals surface area contributed by atoms with Gasteiger partial charge < -0.3 is 15.5 Å². The Hall–Kier alpha value is -3.08. The van der Waals surface area contributed by atoms with Gasteiger partial charge in [-0.2, -0.15) is 0 Å². The Kier molecular flexibility index (Phi) is 6.55. The minimum Gasteiger partial charge on any atom is -0.506 e. The maximum Gasteiger partial charge on any atom is 0.335 e. The van der Waals surface area contributed by atoms with Crippen molar-refractivity contribution in [2.75, 3.05) is 5.32 Å². The van der Waals surface area contributed by atoms with Crippen LogP contribution in [0.5, 0.6) is 5.75 Å². The molecule has 0 bridgehead atoms. The van der Waals surface area contributed by atoms with Crippen molar-refractivity contribution in [3.8, 4) is 5.75 Å². The molecule has 3 N–H and O–H groups in total. The van der Waals surface area contributed by atoms with E-state index in [1.54, 1.807) is 36.4 Å². The van der Waals surface area contributed by atoms with Gasteiger partial charge in [0.25, 0.3) is 5.91 Å². The number of carboxylic acid groups (broad SMARTS) is 1. The van der Waals surface area contributed by atoms with Gasteiger partial charge in [-0.15, -0.1) is 6.58 Å². The lowest BCUT2D eigenvalue weighted by Gasteiger charge is -2.20. The monoisotopic (exact) mass is 353 g/mol. The van der Waals surface area contributed by atoms with Crippen LogP contribution in [0.15, 0.2) is 55.1 Å². The average molecular weight is 353 g/mol. The van der Waals surface area contributed by atoms with Gasteiger partial charge >= 0.3 is 5.97 Å². The molecule has 0 heterocycles. The highest BCUT2D eigenvalue weighted by Crippen LogP contribution is 2.37. The number of unbranched alkanes of at least 4 members (excludes halogenated alkanes) is 1. The normalized spacial score (nSPS) is 11.6. The van der Waals surface area contributed by atoms with Crippen LogP contribution in [0.25, 0.3) is 0 Å². The number of aromatic carboxylic acids is 1. The summed E-state index contributed by atoms with van der Waals surface area (Å²) < 4.78 is 0. The van der Waals surface area contributed by atoms with Crippen LogP contribution in [0.4, 0.5) is 5.69 Å². The molecule has 0 aliphatic rings. The first-order valence-electron chi connectivity index (χ1n) is 8.57. The fraction of sp³-hybridized carbons (Fsp3) is 0.238. The van der Waals surface area contributed by atoms with E-state index in [-0.39, 0.29) is 28.8 Å². The molecule has 2 aromatic rings. The number of nitrogens with one attached hydrogen (secondary N) is 1. The number of hydrogen-bond acceptors (Lipinski definition) is 3. The van der Waals surface area contributed by atoms with Gasteiger partial charge in [-0.1, -0.05) is 44.0 Å². The summed E-state index contributed by atoms with van der Waals surface area (Å²) in [6, 6.07) is 11.3. The summed E-state index contributed by atoms with van der Waals surface area (Å²) in [4.78, 5) is 23.9. The van der Waals surface area contributed by atoms with Crippen molar-refractivity contribution in [2.45, 2.75) is 32.1 Å². The number of carbonyl (C=O) groups excluding carboxylic acids is 1. The molecule has 5 nitrogen and oxygen atoms in total. The Balaban J connectivity index is 2.47. The van der Waals surface area contributed by atoms with Gasteiger partial charge in [-0.3, -0.25) is 4.79 Å². The molecule has 1 unspecified atom stereocenters. The number of carboxylic acids is 1. The van der Waals surface area contributed by atoms with Gasteiger partial charge in [0.05, 0.1) is 11.3 Å². The maximum absolute atomic E-state index is 12.5. The zero-order valence-electron chi connectivity index (χ0n) is 14.7. The van der Waals surface area contributed by atoms with Crippen LogP contribution in [0, 0.1) is 0 Å². The Morgan fingerprint density at radius 2 is 1.88 bits per heavy atom. The Morgan fingerprint density at radius 3 is 2.46 bits per heavy atom. The van der Waals surface area contributed by atoms with E-state index >= 15 is 0 Å². The van der Waals surface area contributed by atoms with Crippen LogP contribution in [0.1, 0.15) is 58.4 Å². The largest absolute Gasteiger partial charge is 0.506 e. The summed E-state index contributed by atoms with van der Waals surface area (Å²) in [7, 11) is 0. The third kappa shape index (κ3) is 4.51. The zero-order chi connectivity index (χ0) is 19.1. The molecule has 0 aliphatic heterocycles. The van der Waals surface area contributed by atoms with Gasteiger partial charge in [0.2, 0.25) is 0 Å². The van der Waals surface area contributed by atoms with Crippen LogP contribution in [0.2, 0.25) is 0 Å². The van der Waals surface area contributed by atoms with E-state index in [9.17, 15) is 19.8 Å². The second-order valence-corrected chi connectivity index (χ2v) is 6.07. The number of anilines is 1. The van der Waals surface area contributed by atoms with E-state index in [0.717, 1.165) is 25.3 Å². The quantitative estimate of drug-likeness (QED) is 0.470. The van der Waals surface area contributed by atoms with Crippen molar-refractivity contribution in [1.82, 2.24) is 0 Å². The van der Waals surface area contributed by atoms with Crippen LogP contribution in [0.3, 0.4) is 0 Å². The molecular weight excluding hydrogens is 330 g/mol. The van der Waals surface area contributed by atoms with Crippen molar-refractivity contribution in [3.63, 3.8) is 0 Å². The predicted molar refractivity (Wildman–Crippen MR) is 102 cm³/mol. The van der Waals surface area contributed by atoms with Gasteiger partial charge in [0.15, 0.2) is 0 Å². The number of phenols is 1. The number of allylic oxidation sites excluding steroid dienone is 1. The number of phenolic OH excluding ortho intramolecular Hbond substituents is 1. The third-order valence-electron chi connectivity index (χ3n) is 4.22. The maximum atomic E-state index is 12.5. The molecule has 26 heavy (non-hydrogen) atoms. The van der Waals surface area contributed by atoms with Crippen molar-refractivity contribution < 1.29 is 19.8 Å². The van der Waals surface area contributed by atoms with E-state index in [2.05, 4.69) is 18.8 Å². The molecule has 0 aromatic heterocycles. The lowest BCUT2D eigenvalue weighted by molar-refractivity contribution is 0.0696. The van der Waals surface area contributed by atoms with Crippen LogP contribution >= 0.6 is 0 Å². The zero-order valence-corrected chi connectivity index (χ0v) is 14.7. The number of carbonyl (C=O) groups is 2. The number of hydrogen-bond donors (Lipinski definition) is 3. The van der Waals surface area contributed by atoms with Gasteiger partial charge in [0, 0.05) is 11.5 Å². The van der Waals surface area contributed by atoms with Crippen molar-refractivity contribution in [2.24, 2.45) is 0 Å². The fourth-order valence-corrected chi connectivity index (χ4v) is 2.80. The van der Waals surface area contributed by atoms with Gasteiger partial charge in [0.1, 0.15) is 5.75 Å². The first-order chi connectivity index (χ1) is 12.5. The third-order valence-corrected chi connectivity index (χ3v) is 4.22. The molecular formula is C21H23NO4. The summed E-state index contributed by atoms with van der Waals surface area (Å²) in [5.74, 6) is -1.96. The summed E-state index contributed by atoms with van der Waals surface area (Å²) in [5.41, 5.74) is 1.20. The molecule has 0 radical (unpaired) electrons. The molecule has 0 fully saturated rings. The second-order valence-electron chi connectivity index (χ2n) is 6.07. The number of amides is 1. The Morgan fingerprint density at radius 1 is 1.19 bits per heavy atom. The first-order valence-corrected chi connectivity index (χ1v) is 8.57. The lowest BCUT2D eigenvalue weighted by atomic mass is 9.90. The molecule has 0 spiro atoms. The van der Waals surface area contributed by atoms with E-state index in [1.165, 1.54) is 6.07 Å². The van der Waals surface area contributed by atoms with E-state index in [0.29, 0.717) is 11.1 Å². The van der Waals surface area contributed by atoms with E-state index < -0.39 is 5.97 Å². The Labute approximate surface area is 153 Å². The fourth-order valence-electron chi connectivity index (χ4n) is 2.80. The van der Waals surface area contributed by atoms with Crippen LogP contribution in [-0.4, -0.2) is 22.1 Å². The molecule has 2 aromatic carbocycles. The molecule has 0 saturated carbocycles. The Bertz CT molecular complexity index is 799. The topological polar surface area (TPSA) is 86.6 Å². The molecule has 1 atom stereocenters. The number of rotatable bonds is 8. The SMILES string of the molecule is C=CC(CCCC)c1cc(C(=O)O)cc(O)c1NC(=O)c1ccccc1. The minimum atomic E-state index is -1.14. The van der Waals surface area contributed by atoms with Crippen LogP contribution < -0.4 is 5.32 Å². The summed E-state index contributed by atoms with van der Waals surface area (Å²) in [6.07, 6.45) is 4.35. The van der Waals surface area contributed by atoms with Crippen molar-refractivity contribution in [3.05, 3.63) is 71.8 Å². The highest BCUT2D eigenvalue weighted by molar-refractivity contribution is 6.06. The molecule has 136 valence electrons. The minimum absolute atomic E-state index is 0.0291. The first kappa shape index (κ1) is 19.2. The van der Waals surface area contributed by atoms with Gasteiger partial charge in [-0.05, 0) is 36.2 Å². The lowest BCUT2D eigenvalue weighted by Crippen LogP contribution is -2.15. The molecule has 2 rings (SSSR count). The molecule has 0 aliphatic carbocycles. The van der Waals surface area contributed by atoms with Gasteiger partial charge in [-0.25, -0.2) is 4.79 Å². The molecule has 5 heteroatoms. The van der Waals surface area contributed by atoms with Crippen LogP contribution in [-0.2, 0) is 0 Å². The standard InChI is InChI=1S/C21H23NO4/c1-3-5-9-14(4-2)17-12-16(21(25)26)13-18(23)19(17)22-20(24)15-10-7-6-8-11-15/h4,6-8,10-14,23H,2-3,5,9H2,1H3,(H,22,24)(H,25,26). The summed E-state index contributed by atoms with van der Waals surface area (Å²) >= 11 is 0. The highest BCUT2D eigenvalue weighted by atomic mass is 16.4. The van der Waals surface area contributed by atoms with Crippen molar-refractivity contribution in [1.29, 1.82) is 0 Å².